The predicted molar refractivity (Wildman–Crippen MR) is 112 cm³/mol. The fourth-order valence-electron chi connectivity index (χ4n) is 2.76. The van der Waals surface area contributed by atoms with Crippen LogP contribution in [0.2, 0.25) is 0 Å². The quantitative estimate of drug-likeness (QED) is 0.476. The number of benzene rings is 2. The van der Waals surface area contributed by atoms with Gasteiger partial charge in [-0.05, 0) is 43.0 Å². The predicted octanol–water partition coefficient (Wildman–Crippen LogP) is 4.81. The van der Waals surface area contributed by atoms with Crippen LogP contribution in [0.25, 0.3) is 11.3 Å². The molecular weight excluding hydrogens is 372 g/mol. The Morgan fingerprint density at radius 2 is 1.79 bits per heavy atom. The van der Waals surface area contributed by atoms with E-state index in [4.69, 9.17) is 9.47 Å². The Balaban J connectivity index is 2.17. The number of aryl methyl sites for hydroxylation is 1. The molecule has 0 atom stereocenters. The Morgan fingerprint density at radius 1 is 1.04 bits per heavy atom. The maximum Gasteiger partial charge on any atom is 0.189 e. The molecule has 1 N–H and O–H groups in total. The average Bonchev–Trinajstić information content (AvgIpc) is 2.74. The molecule has 0 saturated carbocycles. The van der Waals surface area contributed by atoms with Crippen molar-refractivity contribution in [1.29, 1.82) is 5.26 Å². The highest BCUT2D eigenvalue weighted by atomic mass is 32.2. The minimum Gasteiger partial charge on any atom is -0.493 e. The van der Waals surface area contributed by atoms with Gasteiger partial charge < -0.3 is 14.8 Å². The fourth-order valence-corrected chi connectivity index (χ4v) is 3.13. The molecule has 3 rings (SSSR count). The molecule has 0 aliphatic carbocycles. The molecular formula is C21H20N4O2S. The smallest absolute Gasteiger partial charge is 0.189 e. The van der Waals surface area contributed by atoms with E-state index in [1.807, 2.05) is 49.6 Å². The second-order valence-electron chi connectivity index (χ2n) is 5.90. The van der Waals surface area contributed by atoms with Gasteiger partial charge in [-0.2, -0.15) is 5.26 Å². The molecule has 1 heterocycles. The summed E-state index contributed by atoms with van der Waals surface area (Å²) in [5, 5.41) is 13.7. The van der Waals surface area contributed by atoms with Crippen molar-refractivity contribution in [3.63, 3.8) is 0 Å². The molecule has 3 aromatic rings. The summed E-state index contributed by atoms with van der Waals surface area (Å²) in [6, 6.07) is 15.6. The summed E-state index contributed by atoms with van der Waals surface area (Å²) in [5.41, 5.74) is 3.61. The highest BCUT2D eigenvalue weighted by molar-refractivity contribution is 7.98. The molecule has 0 saturated heterocycles. The minimum absolute atomic E-state index is 0.369. The number of anilines is 2. The fraction of sp³-hybridized carbons (Fsp3) is 0.190. The van der Waals surface area contributed by atoms with Gasteiger partial charge >= 0.3 is 0 Å². The van der Waals surface area contributed by atoms with E-state index in [1.165, 1.54) is 11.8 Å². The molecule has 1 aromatic heterocycles. The zero-order valence-corrected chi connectivity index (χ0v) is 16.9. The molecule has 7 heteroatoms. The summed E-state index contributed by atoms with van der Waals surface area (Å²) >= 11 is 1.42. The van der Waals surface area contributed by atoms with Crippen LogP contribution in [0.1, 0.15) is 11.1 Å². The lowest BCUT2D eigenvalue weighted by atomic mass is 10.1. The molecule has 0 bridgehead atoms. The van der Waals surface area contributed by atoms with Gasteiger partial charge in [-0.1, -0.05) is 30.0 Å². The van der Waals surface area contributed by atoms with Crippen LogP contribution in [0.15, 0.2) is 47.6 Å². The van der Waals surface area contributed by atoms with E-state index < -0.39 is 0 Å². The first-order valence-corrected chi connectivity index (χ1v) is 9.75. The Bertz CT molecular complexity index is 1050. The van der Waals surface area contributed by atoms with Crippen molar-refractivity contribution in [2.24, 2.45) is 0 Å². The molecule has 0 spiro atoms. The van der Waals surface area contributed by atoms with E-state index in [0.29, 0.717) is 33.7 Å². The maximum atomic E-state index is 9.87. The highest BCUT2D eigenvalue weighted by Gasteiger charge is 2.18. The van der Waals surface area contributed by atoms with Gasteiger partial charge in [0.05, 0.1) is 19.9 Å². The van der Waals surface area contributed by atoms with Crippen molar-refractivity contribution in [1.82, 2.24) is 9.97 Å². The number of thioether (sulfide) groups is 1. The standard InChI is InChI=1S/C21H20N4O2S/c1-13-7-5-6-8-16(13)23-20-15(12-22)19(24-21(25-20)28-4)14-9-10-17(26-2)18(11-14)27-3/h5-11H,1-4H3,(H,23,24,25). The molecule has 0 unspecified atom stereocenters. The van der Waals surface area contributed by atoms with Crippen molar-refractivity contribution in [2.75, 3.05) is 25.8 Å². The Kier molecular flexibility index (Phi) is 6.02. The van der Waals surface area contributed by atoms with Crippen LogP contribution in [-0.4, -0.2) is 30.4 Å². The zero-order valence-electron chi connectivity index (χ0n) is 16.1. The van der Waals surface area contributed by atoms with Crippen LogP contribution < -0.4 is 14.8 Å². The Hall–Kier alpha value is -3.24. The molecule has 0 amide bonds. The number of nitrogens with zero attached hydrogens (tertiary/aromatic N) is 3. The number of rotatable bonds is 6. The highest BCUT2D eigenvalue weighted by Crippen LogP contribution is 2.35. The first-order valence-electron chi connectivity index (χ1n) is 8.52. The van der Waals surface area contributed by atoms with E-state index in [-0.39, 0.29) is 0 Å². The summed E-state index contributed by atoms with van der Waals surface area (Å²) in [5.74, 6) is 1.66. The van der Waals surface area contributed by atoms with Gasteiger partial charge in [-0.15, -0.1) is 0 Å². The first kappa shape index (κ1) is 19.5. The number of methoxy groups -OCH3 is 2. The van der Waals surface area contributed by atoms with E-state index in [2.05, 4.69) is 21.4 Å². The van der Waals surface area contributed by atoms with Gasteiger partial charge in [0.2, 0.25) is 0 Å². The second kappa shape index (κ2) is 8.63. The number of ether oxygens (including phenoxy) is 2. The largest absolute Gasteiger partial charge is 0.493 e. The molecule has 2 aromatic carbocycles. The summed E-state index contributed by atoms with van der Waals surface area (Å²) in [4.78, 5) is 9.10. The number of nitrogens with one attached hydrogen (secondary N) is 1. The number of aromatic nitrogens is 2. The normalized spacial score (nSPS) is 10.2. The Labute approximate surface area is 168 Å². The minimum atomic E-state index is 0.369. The third-order valence-corrected chi connectivity index (χ3v) is 4.79. The van der Waals surface area contributed by atoms with Gasteiger partial charge in [0.15, 0.2) is 22.5 Å². The lowest BCUT2D eigenvalue weighted by Gasteiger charge is -2.14. The first-order chi connectivity index (χ1) is 13.6. The van der Waals surface area contributed by atoms with Gasteiger partial charge in [0, 0.05) is 11.3 Å². The second-order valence-corrected chi connectivity index (χ2v) is 6.68. The van der Waals surface area contributed by atoms with Crippen molar-refractivity contribution in [3.05, 3.63) is 53.6 Å². The van der Waals surface area contributed by atoms with Crippen molar-refractivity contribution >= 4 is 23.3 Å². The molecule has 0 aliphatic rings. The van der Waals surface area contributed by atoms with Gasteiger partial charge in [-0.25, -0.2) is 9.97 Å². The SMILES string of the molecule is COc1ccc(-c2nc(SC)nc(Nc3ccccc3C)c2C#N)cc1OC. The van der Waals surface area contributed by atoms with Crippen molar-refractivity contribution in [3.8, 4) is 28.8 Å². The topological polar surface area (TPSA) is 80.1 Å². The zero-order chi connectivity index (χ0) is 20.1. The Morgan fingerprint density at radius 3 is 2.43 bits per heavy atom. The summed E-state index contributed by atoms with van der Waals surface area (Å²) in [6.07, 6.45) is 1.90. The van der Waals surface area contributed by atoms with E-state index in [1.54, 1.807) is 20.3 Å². The van der Waals surface area contributed by atoms with Crippen molar-refractivity contribution in [2.45, 2.75) is 12.1 Å². The monoisotopic (exact) mass is 392 g/mol. The van der Waals surface area contributed by atoms with E-state index >= 15 is 0 Å². The molecule has 0 radical (unpaired) electrons. The number of hydrogen-bond acceptors (Lipinski definition) is 7. The van der Waals surface area contributed by atoms with Crippen LogP contribution in [0.3, 0.4) is 0 Å². The summed E-state index contributed by atoms with van der Waals surface area (Å²) < 4.78 is 10.7. The van der Waals surface area contributed by atoms with Crippen LogP contribution in [-0.2, 0) is 0 Å². The van der Waals surface area contributed by atoms with Crippen LogP contribution >= 0.6 is 11.8 Å². The molecule has 142 valence electrons. The van der Waals surface area contributed by atoms with Crippen LogP contribution in [0.4, 0.5) is 11.5 Å². The molecule has 6 nitrogen and oxygen atoms in total. The molecule has 0 fully saturated rings. The molecule has 0 aliphatic heterocycles. The van der Waals surface area contributed by atoms with Crippen LogP contribution in [0, 0.1) is 18.3 Å². The lowest BCUT2D eigenvalue weighted by molar-refractivity contribution is 0.355. The maximum absolute atomic E-state index is 9.87. The van der Waals surface area contributed by atoms with Gasteiger partial charge in [-0.3, -0.25) is 0 Å². The van der Waals surface area contributed by atoms with E-state index in [9.17, 15) is 5.26 Å². The summed E-state index contributed by atoms with van der Waals surface area (Å²) in [7, 11) is 3.16. The third kappa shape index (κ3) is 3.87. The van der Waals surface area contributed by atoms with Gasteiger partial charge in [0.1, 0.15) is 11.6 Å². The third-order valence-electron chi connectivity index (χ3n) is 4.24. The number of hydrogen-bond donors (Lipinski definition) is 1. The number of para-hydroxylation sites is 1. The summed E-state index contributed by atoms with van der Waals surface area (Å²) in [6.45, 7) is 2.00. The van der Waals surface area contributed by atoms with Crippen LogP contribution in [0.5, 0.6) is 11.5 Å². The van der Waals surface area contributed by atoms with Crippen molar-refractivity contribution < 1.29 is 9.47 Å². The number of nitriles is 1. The lowest BCUT2D eigenvalue weighted by Crippen LogP contribution is -2.04. The average molecular weight is 392 g/mol. The van der Waals surface area contributed by atoms with E-state index in [0.717, 1.165) is 16.8 Å². The molecule has 28 heavy (non-hydrogen) atoms. The van der Waals surface area contributed by atoms with Gasteiger partial charge in [0.25, 0.3) is 0 Å².